The molecule has 0 aromatic rings. The largest absolute Gasteiger partial charge is 0.357 e. The van der Waals surface area contributed by atoms with E-state index < -0.39 is 9.84 Å². The molecule has 0 aromatic carbocycles. The minimum atomic E-state index is -2.97. The maximum absolute atomic E-state index is 12.1. The third-order valence-electron chi connectivity index (χ3n) is 5.47. The second-order valence-electron chi connectivity index (χ2n) is 8.24. The molecule has 2 atom stereocenters. The van der Waals surface area contributed by atoms with Gasteiger partial charge in [-0.3, -0.25) is 9.79 Å². The van der Waals surface area contributed by atoms with Gasteiger partial charge in [-0.05, 0) is 38.0 Å². The van der Waals surface area contributed by atoms with E-state index in [-0.39, 0.29) is 53.9 Å². The first kappa shape index (κ1) is 25.5. The molecule has 2 N–H and O–H groups in total. The van der Waals surface area contributed by atoms with Gasteiger partial charge in [0.05, 0.1) is 18.1 Å². The molecule has 1 amide bonds. The molecular formula is C19H37IN4O3S. The molecule has 2 rings (SSSR count). The van der Waals surface area contributed by atoms with Crippen molar-refractivity contribution in [3.63, 3.8) is 0 Å². The molecule has 0 radical (unpaired) electrons. The topological polar surface area (TPSA) is 90.9 Å². The number of likely N-dealkylation sites (tertiary alicyclic amines) is 1. The number of guanidine groups is 1. The van der Waals surface area contributed by atoms with Crippen molar-refractivity contribution >= 4 is 45.7 Å². The molecule has 0 aliphatic carbocycles. The van der Waals surface area contributed by atoms with Crippen LogP contribution in [0.3, 0.4) is 0 Å². The summed E-state index contributed by atoms with van der Waals surface area (Å²) in [6.45, 7) is 9.85. The third kappa shape index (κ3) is 8.04. The van der Waals surface area contributed by atoms with Gasteiger partial charge in [0, 0.05) is 32.1 Å². The number of sulfone groups is 1. The summed E-state index contributed by atoms with van der Waals surface area (Å²) >= 11 is 0. The Labute approximate surface area is 187 Å². The zero-order valence-electron chi connectivity index (χ0n) is 17.5. The van der Waals surface area contributed by atoms with Crippen LogP contribution in [0.15, 0.2) is 4.99 Å². The highest BCUT2D eigenvalue weighted by Crippen LogP contribution is 2.33. The van der Waals surface area contributed by atoms with Crippen LogP contribution in [-0.4, -0.2) is 68.9 Å². The summed E-state index contributed by atoms with van der Waals surface area (Å²) in [5, 5.41) is 6.18. The van der Waals surface area contributed by atoms with Gasteiger partial charge in [-0.25, -0.2) is 8.42 Å². The molecule has 28 heavy (non-hydrogen) atoms. The molecule has 0 spiro atoms. The van der Waals surface area contributed by atoms with Gasteiger partial charge in [-0.15, -0.1) is 24.0 Å². The van der Waals surface area contributed by atoms with E-state index in [1.165, 1.54) is 19.3 Å². The van der Waals surface area contributed by atoms with Crippen LogP contribution in [0, 0.1) is 5.41 Å². The molecule has 7 nitrogen and oxygen atoms in total. The lowest BCUT2D eigenvalue weighted by Crippen LogP contribution is -2.50. The maximum atomic E-state index is 12.1. The molecule has 2 unspecified atom stereocenters. The molecule has 2 fully saturated rings. The lowest BCUT2D eigenvalue weighted by Gasteiger charge is -2.42. The summed E-state index contributed by atoms with van der Waals surface area (Å²) in [5.41, 5.74) is 0.328. The summed E-state index contributed by atoms with van der Waals surface area (Å²) < 4.78 is 23.0. The molecule has 0 aromatic heterocycles. The number of hydrogen-bond acceptors (Lipinski definition) is 4. The molecular weight excluding hydrogens is 491 g/mol. The quantitative estimate of drug-likeness (QED) is 0.300. The van der Waals surface area contributed by atoms with E-state index in [9.17, 15) is 13.2 Å². The smallest absolute Gasteiger partial charge is 0.222 e. The molecule has 2 aliphatic rings. The number of hydrogen-bond donors (Lipinski definition) is 2. The average Bonchev–Trinajstić information content (AvgIpc) is 2.92. The number of carbonyl (C=O) groups is 1. The summed E-state index contributed by atoms with van der Waals surface area (Å²) in [6, 6.07) is -0.239. The first-order valence-electron chi connectivity index (χ1n) is 10.3. The highest BCUT2D eigenvalue weighted by atomic mass is 127. The second kappa shape index (κ2) is 11.6. The third-order valence-corrected chi connectivity index (χ3v) is 7.23. The Kier molecular flexibility index (Phi) is 10.5. The Morgan fingerprint density at radius 2 is 2.07 bits per heavy atom. The van der Waals surface area contributed by atoms with Gasteiger partial charge < -0.3 is 15.5 Å². The number of halogens is 1. The predicted octanol–water partition coefficient (Wildman–Crippen LogP) is 2.17. The van der Waals surface area contributed by atoms with Crippen molar-refractivity contribution in [2.45, 2.75) is 65.3 Å². The first-order chi connectivity index (χ1) is 12.8. The summed E-state index contributed by atoms with van der Waals surface area (Å²) in [5.74, 6) is 1.00. The average molecular weight is 529 g/mol. The SMILES string of the molecule is CCCC1(C)CCCN(C(=NCCC(=O)NC2CCS(=O)(=O)C2)NCC)C1.I. The Bertz CT molecular complexity index is 637. The van der Waals surface area contributed by atoms with Crippen molar-refractivity contribution in [2.24, 2.45) is 10.4 Å². The van der Waals surface area contributed by atoms with Crippen LogP contribution in [0.5, 0.6) is 0 Å². The summed E-state index contributed by atoms with van der Waals surface area (Å²) in [7, 11) is -2.97. The van der Waals surface area contributed by atoms with Crippen molar-refractivity contribution in [1.29, 1.82) is 0 Å². The fraction of sp³-hybridized carbons (Fsp3) is 0.895. The second-order valence-corrected chi connectivity index (χ2v) is 10.5. The first-order valence-corrected chi connectivity index (χ1v) is 12.1. The van der Waals surface area contributed by atoms with E-state index in [1.807, 2.05) is 0 Å². The Hall–Kier alpha value is -0.580. The number of rotatable bonds is 7. The fourth-order valence-corrected chi connectivity index (χ4v) is 5.88. The van der Waals surface area contributed by atoms with E-state index in [0.717, 1.165) is 32.0 Å². The van der Waals surface area contributed by atoms with Crippen molar-refractivity contribution in [2.75, 3.05) is 37.7 Å². The number of nitrogens with one attached hydrogen (secondary N) is 2. The van der Waals surface area contributed by atoms with E-state index >= 15 is 0 Å². The molecule has 164 valence electrons. The molecule has 0 saturated carbocycles. The zero-order chi connectivity index (χ0) is 19.9. The van der Waals surface area contributed by atoms with Gasteiger partial charge in [0.15, 0.2) is 15.8 Å². The molecule has 2 aliphatic heterocycles. The van der Waals surface area contributed by atoms with Crippen molar-refractivity contribution in [1.82, 2.24) is 15.5 Å². The van der Waals surface area contributed by atoms with Crippen LogP contribution in [-0.2, 0) is 14.6 Å². The van der Waals surface area contributed by atoms with Crippen LogP contribution < -0.4 is 10.6 Å². The van der Waals surface area contributed by atoms with Crippen LogP contribution in [0.25, 0.3) is 0 Å². The Morgan fingerprint density at radius 3 is 2.68 bits per heavy atom. The number of amides is 1. The number of aliphatic imine (C=N–C) groups is 1. The molecule has 0 bridgehead atoms. The van der Waals surface area contributed by atoms with Gasteiger partial charge in [0.25, 0.3) is 0 Å². The van der Waals surface area contributed by atoms with Gasteiger partial charge >= 0.3 is 0 Å². The fourth-order valence-electron chi connectivity index (χ4n) is 4.20. The lowest BCUT2D eigenvalue weighted by molar-refractivity contribution is -0.121. The van der Waals surface area contributed by atoms with Gasteiger partial charge in [-0.1, -0.05) is 20.3 Å². The van der Waals surface area contributed by atoms with Crippen LogP contribution in [0.2, 0.25) is 0 Å². The Balaban J connectivity index is 0.00000392. The lowest BCUT2D eigenvalue weighted by atomic mass is 9.78. The summed E-state index contributed by atoms with van der Waals surface area (Å²) in [6.07, 6.45) is 5.63. The normalized spacial score (nSPS) is 27.2. The number of carbonyl (C=O) groups excluding carboxylic acids is 1. The Morgan fingerprint density at radius 1 is 1.32 bits per heavy atom. The van der Waals surface area contributed by atoms with Crippen LogP contribution in [0.1, 0.15) is 59.3 Å². The van der Waals surface area contributed by atoms with Crippen molar-refractivity contribution in [3.8, 4) is 0 Å². The zero-order valence-corrected chi connectivity index (χ0v) is 20.6. The van der Waals surface area contributed by atoms with Crippen molar-refractivity contribution < 1.29 is 13.2 Å². The van der Waals surface area contributed by atoms with E-state index in [2.05, 4.69) is 41.3 Å². The molecule has 2 heterocycles. The number of piperidine rings is 1. The molecule has 2 saturated heterocycles. The minimum Gasteiger partial charge on any atom is -0.357 e. The summed E-state index contributed by atoms with van der Waals surface area (Å²) in [4.78, 5) is 19.1. The van der Waals surface area contributed by atoms with Gasteiger partial charge in [0.2, 0.25) is 5.91 Å². The van der Waals surface area contributed by atoms with Crippen LogP contribution >= 0.6 is 24.0 Å². The molecule has 9 heteroatoms. The highest BCUT2D eigenvalue weighted by Gasteiger charge is 2.31. The van der Waals surface area contributed by atoms with Gasteiger partial charge in [-0.2, -0.15) is 0 Å². The van der Waals surface area contributed by atoms with Crippen LogP contribution in [0.4, 0.5) is 0 Å². The van der Waals surface area contributed by atoms with Crippen molar-refractivity contribution in [3.05, 3.63) is 0 Å². The van der Waals surface area contributed by atoms with E-state index in [4.69, 9.17) is 0 Å². The maximum Gasteiger partial charge on any atom is 0.222 e. The van der Waals surface area contributed by atoms with E-state index in [1.54, 1.807) is 0 Å². The minimum absolute atomic E-state index is 0. The van der Waals surface area contributed by atoms with E-state index in [0.29, 0.717) is 18.4 Å². The standard InChI is InChI=1S/C19H36N4O3S.HI/c1-4-9-19(3)10-6-12-23(15-19)18(20-5-2)21-11-7-17(24)22-16-8-13-27(25,26)14-16;/h16H,4-15H2,1-3H3,(H,20,21)(H,22,24);1H. The highest BCUT2D eigenvalue weighted by molar-refractivity contribution is 14.0. The van der Waals surface area contributed by atoms with Gasteiger partial charge in [0.1, 0.15) is 0 Å². The number of nitrogens with zero attached hydrogens (tertiary/aromatic N) is 2. The monoisotopic (exact) mass is 528 g/mol. The predicted molar refractivity (Wildman–Crippen MR) is 125 cm³/mol.